The summed E-state index contributed by atoms with van der Waals surface area (Å²) in [4.78, 5) is 0. The lowest BCUT2D eigenvalue weighted by atomic mass is 10.1. The largest absolute Gasteiger partial charge is 0.306 e. The molecular formula is C16H17BrFN. The fraction of sp³-hybridized carbons (Fsp3) is 0.250. The summed E-state index contributed by atoms with van der Waals surface area (Å²) < 4.78 is 14.0. The second-order valence-electron chi connectivity index (χ2n) is 4.79. The standard InChI is InChI=1S/C16H17BrFN/c1-11-3-5-14(6-4-11)12(2)19-10-13-7-15(17)9-16(18)8-13/h3-9,12,19H,10H2,1-2H3/t12-/m1/s1. The van der Waals surface area contributed by atoms with Crippen LogP contribution in [0.25, 0.3) is 0 Å². The highest BCUT2D eigenvalue weighted by atomic mass is 79.9. The molecule has 3 heteroatoms. The molecule has 1 N–H and O–H groups in total. The fourth-order valence-corrected chi connectivity index (χ4v) is 2.47. The molecule has 19 heavy (non-hydrogen) atoms. The molecule has 0 heterocycles. The van der Waals surface area contributed by atoms with E-state index in [4.69, 9.17) is 0 Å². The molecule has 0 unspecified atom stereocenters. The van der Waals surface area contributed by atoms with Crippen LogP contribution in [0.4, 0.5) is 4.39 Å². The summed E-state index contributed by atoms with van der Waals surface area (Å²) in [7, 11) is 0. The van der Waals surface area contributed by atoms with E-state index in [-0.39, 0.29) is 11.9 Å². The van der Waals surface area contributed by atoms with Crippen molar-refractivity contribution in [1.82, 2.24) is 5.32 Å². The Balaban J connectivity index is 1.99. The maximum atomic E-state index is 13.3. The van der Waals surface area contributed by atoms with Crippen molar-refractivity contribution in [2.45, 2.75) is 26.4 Å². The molecule has 1 nitrogen and oxygen atoms in total. The molecule has 1 atom stereocenters. The third-order valence-electron chi connectivity index (χ3n) is 3.11. The lowest BCUT2D eigenvalue weighted by Gasteiger charge is -2.15. The van der Waals surface area contributed by atoms with Crippen LogP contribution in [-0.4, -0.2) is 0 Å². The van der Waals surface area contributed by atoms with Crippen LogP contribution in [0.3, 0.4) is 0 Å². The molecule has 0 radical (unpaired) electrons. The van der Waals surface area contributed by atoms with E-state index >= 15 is 0 Å². The van der Waals surface area contributed by atoms with Gasteiger partial charge in [-0.25, -0.2) is 4.39 Å². The maximum Gasteiger partial charge on any atom is 0.124 e. The van der Waals surface area contributed by atoms with Crippen molar-refractivity contribution in [2.75, 3.05) is 0 Å². The zero-order chi connectivity index (χ0) is 13.8. The van der Waals surface area contributed by atoms with Crippen LogP contribution in [0.1, 0.15) is 29.7 Å². The van der Waals surface area contributed by atoms with Gasteiger partial charge in [0.1, 0.15) is 5.82 Å². The first-order chi connectivity index (χ1) is 9.04. The van der Waals surface area contributed by atoms with Crippen LogP contribution >= 0.6 is 15.9 Å². The van der Waals surface area contributed by atoms with Gasteiger partial charge >= 0.3 is 0 Å². The van der Waals surface area contributed by atoms with Crippen molar-refractivity contribution in [1.29, 1.82) is 0 Å². The number of aryl methyl sites for hydroxylation is 1. The van der Waals surface area contributed by atoms with E-state index in [1.807, 2.05) is 6.07 Å². The van der Waals surface area contributed by atoms with Crippen molar-refractivity contribution in [2.24, 2.45) is 0 Å². The van der Waals surface area contributed by atoms with Crippen molar-refractivity contribution in [3.05, 3.63) is 69.4 Å². The van der Waals surface area contributed by atoms with Crippen LogP contribution in [0.5, 0.6) is 0 Å². The summed E-state index contributed by atoms with van der Waals surface area (Å²) >= 11 is 3.31. The normalized spacial score (nSPS) is 12.4. The third-order valence-corrected chi connectivity index (χ3v) is 3.57. The number of nitrogens with one attached hydrogen (secondary N) is 1. The molecule has 2 aromatic carbocycles. The first-order valence-corrected chi connectivity index (χ1v) is 7.09. The monoisotopic (exact) mass is 321 g/mol. The minimum absolute atomic E-state index is 0.214. The maximum absolute atomic E-state index is 13.3. The Morgan fingerprint density at radius 2 is 1.84 bits per heavy atom. The Kier molecular flexibility index (Phi) is 4.72. The summed E-state index contributed by atoms with van der Waals surface area (Å²) in [6.45, 7) is 4.83. The zero-order valence-electron chi connectivity index (χ0n) is 11.1. The molecule has 0 saturated heterocycles. The molecule has 0 amide bonds. The van der Waals surface area contributed by atoms with E-state index in [9.17, 15) is 4.39 Å². The average molecular weight is 322 g/mol. The third kappa shape index (κ3) is 4.15. The SMILES string of the molecule is Cc1ccc([C@@H](C)NCc2cc(F)cc(Br)c2)cc1. The summed E-state index contributed by atoms with van der Waals surface area (Å²) in [6, 6.07) is 13.6. The van der Waals surface area contributed by atoms with Crippen LogP contribution in [0.15, 0.2) is 46.9 Å². The van der Waals surface area contributed by atoms with Gasteiger partial charge in [-0.15, -0.1) is 0 Å². The Labute approximate surface area is 122 Å². The molecule has 0 saturated carbocycles. The molecule has 0 aliphatic rings. The van der Waals surface area contributed by atoms with Gasteiger partial charge < -0.3 is 5.32 Å². The zero-order valence-corrected chi connectivity index (χ0v) is 12.7. The second-order valence-corrected chi connectivity index (χ2v) is 5.71. The molecule has 100 valence electrons. The van der Waals surface area contributed by atoms with E-state index in [0.717, 1.165) is 10.0 Å². The quantitative estimate of drug-likeness (QED) is 0.857. The van der Waals surface area contributed by atoms with Gasteiger partial charge in [-0.1, -0.05) is 45.8 Å². The minimum Gasteiger partial charge on any atom is -0.306 e. The van der Waals surface area contributed by atoms with Gasteiger partial charge in [0.2, 0.25) is 0 Å². The number of hydrogen-bond acceptors (Lipinski definition) is 1. The van der Waals surface area contributed by atoms with Gasteiger partial charge in [-0.2, -0.15) is 0 Å². The predicted octanol–water partition coefficient (Wildman–Crippen LogP) is 4.75. The highest BCUT2D eigenvalue weighted by Crippen LogP contribution is 2.17. The van der Waals surface area contributed by atoms with E-state index in [0.29, 0.717) is 6.54 Å². The van der Waals surface area contributed by atoms with Crippen LogP contribution in [-0.2, 0) is 6.54 Å². The molecule has 2 aromatic rings. The van der Waals surface area contributed by atoms with E-state index < -0.39 is 0 Å². The van der Waals surface area contributed by atoms with Gasteiger partial charge in [0.15, 0.2) is 0 Å². The topological polar surface area (TPSA) is 12.0 Å². The lowest BCUT2D eigenvalue weighted by molar-refractivity contribution is 0.569. The Morgan fingerprint density at radius 1 is 1.16 bits per heavy atom. The number of hydrogen-bond donors (Lipinski definition) is 1. The lowest BCUT2D eigenvalue weighted by Crippen LogP contribution is -2.18. The van der Waals surface area contributed by atoms with Crippen LogP contribution in [0, 0.1) is 12.7 Å². The molecule has 0 aliphatic heterocycles. The van der Waals surface area contributed by atoms with E-state index in [2.05, 4.69) is 59.4 Å². The van der Waals surface area contributed by atoms with Crippen molar-refractivity contribution in [3.8, 4) is 0 Å². The molecule has 0 bridgehead atoms. The highest BCUT2D eigenvalue weighted by molar-refractivity contribution is 9.10. The summed E-state index contributed by atoms with van der Waals surface area (Å²) in [5.41, 5.74) is 3.43. The van der Waals surface area contributed by atoms with Gasteiger partial charge in [0.05, 0.1) is 0 Å². The smallest absolute Gasteiger partial charge is 0.124 e. The minimum atomic E-state index is -0.214. The molecule has 2 rings (SSSR count). The summed E-state index contributed by atoms with van der Waals surface area (Å²) in [5, 5.41) is 3.40. The van der Waals surface area contributed by atoms with Gasteiger partial charge in [0.25, 0.3) is 0 Å². The summed E-state index contributed by atoms with van der Waals surface area (Å²) in [5.74, 6) is -0.214. The summed E-state index contributed by atoms with van der Waals surface area (Å²) in [6.07, 6.45) is 0. The molecular weight excluding hydrogens is 305 g/mol. The van der Waals surface area contributed by atoms with Gasteiger partial charge in [-0.05, 0) is 43.2 Å². The van der Waals surface area contributed by atoms with Crippen LogP contribution < -0.4 is 5.32 Å². The van der Waals surface area contributed by atoms with Gasteiger partial charge in [0, 0.05) is 17.1 Å². The Morgan fingerprint density at radius 3 is 2.47 bits per heavy atom. The molecule has 0 fully saturated rings. The van der Waals surface area contributed by atoms with Gasteiger partial charge in [-0.3, -0.25) is 0 Å². The Hall–Kier alpha value is -1.19. The number of halogens is 2. The average Bonchev–Trinajstić information content (AvgIpc) is 2.36. The predicted molar refractivity (Wildman–Crippen MR) is 80.5 cm³/mol. The number of rotatable bonds is 4. The molecule has 0 spiro atoms. The first kappa shape index (κ1) is 14.2. The Bertz CT molecular complexity index is 531. The van der Waals surface area contributed by atoms with Crippen LogP contribution in [0.2, 0.25) is 0 Å². The van der Waals surface area contributed by atoms with E-state index in [1.54, 1.807) is 6.07 Å². The molecule has 0 aliphatic carbocycles. The number of benzene rings is 2. The van der Waals surface area contributed by atoms with Crippen molar-refractivity contribution in [3.63, 3.8) is 0 Å². The highest BCUT2D eigenvalue weighted by Gasteiger charge is 2.05. The molecule has 0 aromatic heterocycles. The fourth-order valence-electron chi connectivity index (χ4n) is 1.96. The second kappa shape index (κ2) is 6.31. The van der Waals surface area contributed by atoms with E-state index in [1.165, 1.54) is 17.2 Å². The van der Waals surface area contributed by atoms with Crippen molar-refractivity contribution < 1.29 is 4.39 Å². The van der Waals surface area contributed by atoms with Crippen molar-refractivity contribution >= 4 is 15.9 Å². The first-order valence-electron chi connectivity index (χ1n) is 6.29.